The van der Waals surface area contributed by atoms with Crippen molar-refractivity contribution in [3.8, 4) is 21.7 Å². The molecule has 198 valence electrons. The van der Waals surface area contributed by atoms with Crippen molar-refractivity contribution in [1.82, 2.24) is 19.9 Å². The van der Waals surface area contributed by atoms with Gasteiger partial charge in [-0.25, -0.2) is 19.6 Å². The normalized spacial score (nSPS) is 11.7. The van der Waals surface area contributed by atoms with Crippen LogP contribution >= 0.6 is 11.3 Å². The van der Waals surface area contributed by atoms with Crippen molar-refractivity contribution in [2.75, 3.05) is 11.9 Å². The van der Waals surface area contributed by atoms with E-state index in [1.807, 2.05) is 13.8 Å². The highest BCUT2D eigenvalue weighted by Gasteiger charge is 2.34. The van der Waals surface area contributed by atoms with Crippen LogP contribution in [0.3, 0.4) is 0 Å². The smallest absolute Gasteiger partial charge is 0.434 e. The molecule has 0 aliphatic carbocycles. The van der Waals surface area contributed by atoms with Crippen molar-refractivity contribution in [2.24, 2.45) is 0 Å². The van der Waals surface area contributed by atoms with Gasteiger partial charge in [0.25, 0.3) is 0 Å². The number of urea groups is 1. The van der Waals surface area contributed by atoms with E-state index in [0.29, 0.717) is 23.2 Å². The van der Waals surface area contributed by atoms with Crippen LogP contribution in [0.1, 0.15) is 42.9 Å². The first kappa shape index (κ1) is 26.8. The lowest BCUT2D eigenvalue weighted by Gasteiger charge is -2.17. The van der Waals surface area contributed by atoms with Crippen molar-refractivity contribution >= 4 is 40.1 Å². The van der Waals surface area contributed by atoms with Gasteiger partial charge in [-0.05, 0) is 44.5 Å². The van der Waals surface area contributed by atoms with Gasteiger partial charge in [-0.2, -0.15) is 13.2 Å². The van der Waals surface area contributed by atoms with E-state index in [1.54, 1.807) is 23.6 Å². The quantitative estimate of drug-likeness (QED) is 0.288. The first-order valence-electron chi connectivity index (χ1n) is 11.4. The summed E-state index contributed by atoms with van der Waals surface area (Å²) in [5.74, 6) is -1.24. The Balaban J connectivity index is 1.94. The summed E-state index contributed by atoms with van der Waals surface area (Å²) in [6, 6.07) is 5.38. The number of benzene rings is 1. The predicted molar refractivity (Wildman–Crippen MR) is 138 cm³/mol. The van der Waals surface area contributed by atoms with Gasteiger partial charge in [-0.3, -0.25) is 10.1 Å². The van der Waals surface area contributed by atoms with E-state index in [4.69, 9.17) is 0 Å². The molecule has 0 spiro atoms. The maximum atomic E-state index is 13.3. The van der Waals surface area contributed by atoms with Crippen LogP contribution in [0.15, 0.2) is 46.8 Å². The molecule has 0 bridgehead atoms. The number of hydrogen-bond acceptors (Lipinski definition) is 6. The second-order valence-corrected chi connectivity index (χ2v) is 9.40. The standard InChI is InChI=1S/C25H22F3N5O4S/c1-4-29-24(37)32-20-8-15(22-31-19(11-38-22)25(26,27)28)16(9-30-20)13-5-6-14-18(7-13)33(12(2)3)10-17(21(14)34)23(35)36/h5-12H,4H2,1-3H3,(H,35,36)(H2,29,30,32,37). The van der Waals surface area contributed by atoms with Crippen molar-refractivity contribution in [3.63, 3.8) is 0 Å². The molecule has 0 fully saturated rings. The molecule has 0 saturated heterocycles. The lowest BCUT2D eigenvalue weighted by Crippen LogP contribution is -2.28. The maximum Gasteiger partial charge on any atom is 0.434 e. The third-order valence-corrected chi connectivity index (χ3v) is 6.51. The number of nitrogens with one attached hydrogen (secondary N) is 2. The van der Waals surface area contributed by atoms with Gasteiger partial charge >= 0.3 is 18.2 Å². The van der Waals surface area contributed by atoms with Crippen LogP contribution in [0.5, 0.6) is 0 Å². The molecule has 2 amide bonds. The van der Waals surface area contributed by atoms with E-state index >= 15 is 0 Å². The average Bonchev–Trinajstić information content (AvgIpc) is 3.35. The highest BCUT2D eigenvalue weighted by molar-refractivity contribution is 7.13. The zero-order valence-corrected chi connectivity index (χ0v) is 21.2. The monoisotopic (exact) mass is 545 g/mol. The third kappa shape index (κ3) is 5.23. The Morgan fingerprint density at radius 2 is 1.92 bits per heavy atom. The number of aromatic carboxylic acids is 1. The minimum atomic E-state index is -4.64. The highest BCUT2D eigenvalue weighted by atomic mass is 32.1. The zero-order valence-electron chi connectivity index (χ0n) is 20.4. The lowest BCUT2D eigenvalue weighted by atomic mass is 9.99. The van der Waals surface area contributed by atoms with Crippen LogP contribution in [-0.2, 0) is 6.18 Å². The number of fused-ring (bicyclic) bond motifs is 1. The second-order valence-electron chi connectivity index (χ2n) is 8.55. The first-order valence-corrected chi connectivity index (χ1v) is 12.3. The molecule has 3 aromatic heterocycles. The van der Waals surface area contributed by atoms with E-state index in [9.17, 15) is 32.7 Å². The predicted octanol–water partition coefficient (Wildman–Crippen LogP) is 5.63. The second kappa shape index (κ2) is 10.2. The topological polar surface area (TPSA) is 126 Å². The first-order chi connectivity index (χ1) is 17.9. The van der Waals surface area contributed by atoms with Gasteiger partial charge in [-0.1, -0.05) is 6.07 Å². The number of carboxylic acid groups (broad SMARTS) is 1. The summed E-state index contributed by atoms with van der Waals surface area (Å²) in [4.78, 5) is 44.4. The summed E-state index contributed by atoms with van der Waals surface area (Å²) in [5.41, 5.74) is -0.432. The molecule has 0 unspecified atom stereocenters. The molecule has 4 rings (SSSR count). The van der Waals surface area contributed by atoms with Gasteiger partial charge in [0.2, 0.25) is 5.43 Å². The molecular formula is C25H22F3N5O4S. The molecular weight excluding hydrogens is 523 g/mol. The number of hydrogen-bond donors (Lipinski definition) is 3. The van der Waals surface area contributed by atoms with Gasteiger partial charge in [-0.15, -0.1) is 11.3 Å². The number of carboxylic acids is 1. The number of rotatable bonds is 6. The molecule has 1 aromatic carbocycles. The minimum absolute atomic E-state index is 0.0521. The minimum Gasteiger partial charge on any atom is -0.477 e. The summed E-state index contributed by atoms with van der Waals surface area (Å²) < 4.78 is 41.5. The molecule has 0 aliphatic heterocycles. The van der Waals surface area contributed by atoms with Gasteiger partial charge in [0.1, 0.15) is 16.4 Å². The molecule has 0 saturated carbocycles. The van der Waals surface area contributed by atoms with Gasteiger partial charge in [0, 0.05) is 46.9 Å². The maximum absolute atomic E-state index is 13.3. The fourth-order valence-electron chi connectivity index (χ4n) is 3.88. The largest absolute Gasteiger partial charge is 0.477 e. The SMILES string of the molecule is CCNC(=O)Nc1cc(-c2nc(C(F)(F)F)cs2)c(-c2ccc3c(=O)c(C(=O)O)cn(C(C)C)c3c2)cn1. The molecule has 13 heteroatoms. The summed E-state index contributed by atoms with van der Waals surface area (Å²) >= 11 is 0.788. The highest BCUT2D eigenvalue weighted by Crippen LogP contribution is 2.39. The zero-order chi connectivity index (χ0) is 27.8. The number of pyridine rings is 2. The van der Waals surface area contributed by atoms with Crippen LogP contribution in [-0.4, -0.2) is 38.2 Å². The number of aromatic nitrogens is 3. The molecule has 9 nitrogen and oxygen atoms in total. The van der Waals surface area contributed by atoms with Gasteiger partial charge < -0.3 is 15.0 Å². The van der Waals surface area contributed by atoms with Crippen molar-refractivity contribution < 1.29 is 27.9 Å². The molecule has 3 heterocycles. The van der Waals surface area contributed by atoms with E-state index in [2.05, 4.69) is 20.6 Å². The van der Waals surface area contributed by atoms with Crippen LogP contribution in [0.25, 0.3) is 32.6 Å². The molecule has 0 aliphatic rings. The Morgan fingerprint density at radius 1 is 1.18 bits per heavy atom. The number of halogens is 3. The Bertz CT molecular complexity index is 1610. The number of anilines is 1. The molecule has 38 heavy (non-hydrogen) atoms. The summed E-state index contributed by atoms with van der Waals surface area (Å²) in [7, 11) is 0. The number of carbonyl (C=O) groups is 2. The Morgan fingerprint density at radius 3 is 2.53 bits per heavy atom. The van der Waals surface area contributed by atoms with Crippen LogP contribution in [0.4, 0.5) is 23.8 Å². The van der Waals surface area contributed by atoms with Gasteiger partial charge in [0.15, 0.2) is 5.69 Å². The molecule has 4 aromatic rings. The lowest BCUT2D eigenvalue weighted by molar-refractivity contribution is -0.140. The average molecular weight is 546 g/mol. The Hall–Kier alpha value is -4.26. The number of thiazole rings is 1. The molecule has 0 atom stereocenters. The van der Waals surface area contributed by atoms with E-state index in [0.717, 1.165) is 16.7 Å². The number of nitrogens with zero attached hydrogens (tertiary/aromatic N) is 3. The molecule has 3 N–H and O–H groups in total. The Labute approximate surface area is 218 Å². The van der Waals surface area contributed by atoms with E-state index < -0.39 is 29.3 Å². The fraction of sp³-hybridized carbons (Fsp3) is 0.240. The summed E-state index contributed by atoms with van der Waals surface area (Å²) in [5, 5.41) is 15.7. The van der Waals surface area contributed by atoms with E-state index in [1.165, 1.54) is 24.5 Å². The van der Waals surface area contributed by atoms with Crippen LogP contribution < -0.4 is 16.1 Å². The number of amides is 2. The Kier molecular flexibility index (Phi) is 7.22. The van der Waals surface area contributed by atoms with Crippen LogP contribution in [0, 0.1) is 0 Å². The van der Waals surface area contributed by atoms with Gasteiger partial charge in [0.05, 0.1) is 5.52 Å². The summed E-state index contributed by atoms with van der Waals surface area (Å²) in [6.07, 6.45) is -1.96. The number of carbonyl (C=O) groups excluding carboxylic acids is 1. The number of alkyl halides is 3. The molecule has 0 radical (unpaired) electrons. The van der Waals surface area contributed by atoms with Crippen molar-refractivity contribution in [2.45, 2.75) is 33.0 Å². The van der Waals surface area contributed by atoms with Crippen molar-refractivity contribution in [3.05, 3.63) is 63.5 Å². The fourth-order valence-corrected chi connectivity index (χ4v) is 4.73. The van der Waals surface area contributed by atoms with Crippen LogP contribution in [0.2, 0.25) is 0 Å². The van der Waals surface area contributed by atoms with E-state index in [-0.39, 0.29) is 33.4 Å². The summed E-state index contributed by atoms with van der Waals surface area (Å²) in [6.45, 7) is 5.73. The third-order valence-electron chi connectivity index (χ3n) is 5.64. The van der Waals surface area contributed by atoms with Crippen molar-refractivity contribution in [1.29, 1.82) is 0 Å².